The van der Waals surface area contributed by atoms with Gasteiger partial charge in [-0.3, -0.25) is 4.84 Å². The summed E-state index contributed by atoms with van der Waals surface area (Å²) in [4.78, 5) is 9.38. The average Bonchev–Trinajstić information content (AvgIpc) is 2.32. The van der Waals surface area contributed by atoms with Gasteiger partial charge in [-0.25, -0.2) is 10.5 Å². The van der Waals surface area contributed by atoms with Gasteiger partial charge in [0.2, 0.25) is 5.96 Å². The van der Waals surface area contributed by atoms with Crippen molar-refractivity contribution < 1.29 is 4.84 Å². The van der Waals surface area contributed by atoms with Gasteiger partial charge in [0.25, 0.3) is 0 Å². The fourth-order valence-electron chi connectivity index (χ4n) is 0.668. The quantitative estimate of drug-likeness (QED) is 0.537. The van der Waals surface area contributed by atoms with Crippen molar-refractivity contribution in [1.82, 2.24) is 10.8 Å². The molecule has 0 amide bonds. The van der Waals surface area contributed by atoms with Gasteiger partial charge in [0.15, 0.2) is 0 Å². The lowest BCUT2D eigenvalue weighted by Gasteiger charge is -2.19. The van der Waals surface area contributed by atoms with Gasteiger partial charge in [0.1, 0.15) is 0 Å². The van der Waals surface area contributed by atoms with Gasteiger partial charge < -0.3 is 5.32 Å². The monoisotopic (exact) mass is 157 g/mol. The minimum atomic E-state index is -0.174. The molecule has 4 heteroatoms. The highest BCUT2D eigenvalue weighted by atomic mass is 16.7. The second-order valence-corrected chi connectivity index (χ2v) is 3.47. The minimum Gasteiger partial charge on any atom is -0.353 e. The number of nitrogens with zero attached hydrogens (tertiary/aromatic N) is 1. The molecule has 0 spiro atoms. The van der Waals surface area contributed by atoms with Crippen molar-refractivity contribution in [3.05, 3.63) is 0 Å². The second kappa shape index (κ2) is 3.09. The summed E-state index contributed by atoms with van der Waals surface area (Å²) < 4.78 is 0. The summed E-state index contributed by atoms with van der Waals surface area (Å²) in [5.41, 5.74) is 2.59. The van der Waals surface area contributed by atoms with E-state index in [1.807, 2.05) is 20.8 Å². The molecule has 0 aromatic heterocycles. The van der Waals surface area contributed by atoms with Gasteiger partial charge in [0.05, 0.1) is 12.1 Å². The Kier molecular flexibility index (Phi) is 2.34. The first-order valence-electron chi connectivity index (χ1n) is 3.80. The van der Waals surface area contributed by atoms with Gasteiger partial charge in [-0.2, -0.15) is 0 Å². The van der Waals surface area contributed by atoms with Crippen LogP contribution in [0.2, 0.25) is 0 Å². The van der Waals surface area contributed by atoms with Crippen molar-refractivity contribution in [1.29, 1.82) is 0 Å². The lowest BCUT2D eigenvalue weighted by molar-refractivity contribution is -0.0435. The van der Waals surface area contributed by atoms with Crippen LogP contribution in [0.15, 0.2) is 4.99 Å². The van der Waals surface area contributed by atoms with Gasteiger partial charge in [-0.1, -0.05) is 0 Å². The van der Waals surface area contributed by atoms with Crippen molar-refractivity contribution in [2.75, 3.05) is 13.1 Å². The third-order valence-electron chi connectivity index (χ3n) is 1.13. The molecule has 0 bridgehead atoms. The molecule has 1 heterocycles. The third-order valence-corrected chi connectivity index (χ3v) is 1.13. The smallest absolute Gasteiger partial charge is 0.215 e. The lowest BCUT2D eigenvalue weighted by atomic mass is 10.2. The first kappa shape index (κ1) is 8.33. The number of rotatable bonds is 1. The molecule has 0 aromatic rings. The van der Waals surface area contributed by atoms with E-state index < -0.39 is 0 Å². The highest BCUT2D eigenvalue weighted by Gasteiger charge is 2.12. The van der Waals surface area contributed by atoms with E-state index in [4.69, 9.17) is 4.84 Å². The summed E-state index contributed by atoms with van der Waals surface area (Å²) in [5.74, 6) is 0.736. The molecular weight excluding hydrogens is 142 g/mol. The van der Waals surface area contributed by atoms with Crippen LogP contribution in [0.4, 0.5) is 0 Å². The SMILES string of the molecule is CC(C)(C)ONC1=NCCN1. The molecule has 0 aliphatic carbocycles. The van der Waals surface area contributed by atoms with Crippen LogP contribution in [0, 0.1) is 0 Å². The Morgan fingerprint density at radius 1 is 1.55 bits per heavy atom. The lowest BCUT2D eigenvalue weighted by Crippen LogP contribution is -2.39. The summed E-state index contributed by atoms with van der Waals surface area (Å²) in [6.45, 7) is 7.67. The Balaban J connectivity index is 2.22. The maximum absolute atomic E-state index is 5.27. The first-order valence-corrected chi connectivity index (χ1v) is 3.80. The van der Waals surface area contributed by atoms with Crippen LogP contribution in [0.1, 0.15) is 20.8 Å². The summed E-state index contributed by atoms with van der Waals surface area (Å²) in [6.07, 6.45) is 0. The molecule has 0 fully saturated rings. The topological polar surface area (TPSA) is 45.6 Å². The first-order chi connectivity index (χ1) is 5.08. The predicted molar refractivity (Wildman–Crippen MR) is 44.3 cm³/mol. The Morgan fingerprint density at radius 2 is 2.27 bits per heavy atom. The van der Waals surface area contributed by atoms with Gasteiger partial charge in [0, 0.05) is 6.54 Å². The summed E-state index contributed by atoms with van der Waals surface area (Å²) >= 11 is 0. The number of guanidine groups is 1. The van der Waals surface area contributed by atoms with Crippen molar-refractivity contribution >= 4 is 5.96 Å². The van der Waals surface area contributed by atoms with Crippen LogP contribution in [0.5, 0.6) is 0 Å². The molecular formula is C7H15N3O. The Hall–Kier alpha value is -0.770. The van der Waals surface area contributed by atoms with Crippen molar-refractivity contribution in [3.63, 3.8) is 0 Å². The third kappa shape index (κ3) is 3.23. The Labute approximate surface area is 67.0 Å². The van der Waals surface area contributed by atoms with Crippen molar-refractivity contribution in [2.24, 2.45) is 4.99 Å². The molecule has 11 heavy (non-hydrogen) atoms. The number of hydrogen-bond acceptors (Lipinski definition) is 4. The van der Waals surface area contributed by atoms with Gasteiger partial charge in [-0.05, 0) is 20.8 Å². The molecule has 0 saturated heterocycles. The van der Waals surface area contributed by atoms with E-state index in [1.165, 1.54) is 0 Å². The molecule has 2 N–H and O–H groups in total. The average molecular weight is 157 g/mol. The number of nitrogens with one attached hydrogen (secondary N) is 2. The molecule has 0 aromatic carbocycles. The molecule has 0 radical (unpaired) electrons. The van der Waals surface area contributed by atoms with Crippen LogP contribution in [0.25, 0.3) is 0 Å². The fourth-order valence-corrected chi connectivity index (χ4v) is 0.668. The Bertz CT molecular complexity index is 160. The molecule has 0 atom stereocenters. The zero-order valence-corrected chi connectivity index (χ0v) is 7.27. The van der Waals surface area contributed by atoms with Crippen LogP contribution in [-0.4, -0.2) is 24.7 Å². The minimum absolute atomic E-state index is 0.174. The fraction of sp³-hybridized carbons (Fsp3) is 0.857. The van der Waals surface area contributed by atoms with E-state index >= 15 is 0 Å². The largest absolute Gasteiger partial charge is 0.353 e. The van der Waals surface area contributed by atoms with E-state index in [2.05, 4.69) is 15.8 Å². The summed E-state index contributed by atoms with van der Waals surface area (Å²) in [6, 6.07) is 0. The Morgan fingerprint density at radius 3 is 2.73 bits per heavy atom. The van der Waals surface area contributed by atoms with E-state index in [9.17, 15) is 0 Å². The van der Waals surface area contributed by atoms with E-state index in [0.717, 1.165) is 19.0 Å². The molecule has 1 aliphatic heterocycles. The van der Waals surface area contributed by atoms with Crippen molar-refractivity contribution in [2.45, 2.75) is 26.4 Å². The molecule has 1 aliphatic rings. The number of hydroxylamine groups is 1. The van der Waals surface area contributed by atoms with E-state index in [-0.39, 0.29) is 5.60 Å². The van der Waals surface area contributed by atoms with Crippen LogP contribution < -0.4 is 10.8 Å². The van der Waals surface area contributed by atoms with E-state index in [0.29, 0.717) is 0 Å². The van der Waals surface area contributed by atoms with Gasteiger partial charge in [-0.15, -0.1) is 0 Å². The highest BCUT2D eigenvalue weighted by molar-refractivity contribution is 5.80. The molecule has 0 saturated carbocycles. The van der Waals surface area contributed by atoms with Crippen LogP contribution in [0.3, 0.4) is 0 Å². The zero-order chi connectivity index (χ0) is 8.32. The summed E-state index contributed by atoms with van der Waals surface area (Å²) in [7, 11) is 0. The van der Waals surface area contributed by atoms with Crippen LogP contribution in [-0.2, 0) is 4.84 Å². The predicted octanol–water partition coefficient (Wildman–Crippen LogP) is 0.265. The highest BCUT2D eigenvalue weighted by Crippen LogP contribution is 2.03. The summed E-state index contributed by atoms with van der Waals surface area (Å²) in [5, 5.41) is 3.04. The van der Waals surface area contributed by atoms with Crippen LogP contribution >= 0.6 is 0 Å². The zero-order valence-electron chi connectivity index (χ0n) is 7.27. The van der Waals surface area contributed by atoms with E-state index in [1.54, 1.807) is 0 Å². The second-order valence-electron chi connectivity index (χ2n) is 3.47. The molecule has 0 unspecified atom stereocenters. The molecule has 64 valence electrons. The molecule has 4 nitrogen and oxygen atoms in total. The maximum Gasteiger partial charge on any atom is 0.215 e. The molecule has 1 rings (SSSR count). The van der Waals surface area contributed by atoms with Crippen molar-refractivity contribution in [3.8, 4) is 0 Å². The number of hydrogen-bond donors (Lipinski definition) is 2. The van der Waals surface area contributed by atoms with Gasteiger partial charge >= 0.3 is 0 Å². The standard InChI is InChI=1S/C7H15N3O/c1-7(2,3)11-10-6-8-4-5-9-6/h4-5H2,1-3H3,(H2,8,9,10). The number of aliphatic imine (C=N–C) groups is 1. The maximum atomic E-state index is 5.27. The normalized spacial score (nSPS) is 17.5.